The maximum atomic E-state index is 5.65. The first kappa shape index (κ1) is 39.1. The van der Waals surface area contributed by atoms with Gasteiger partial charge in [-0.15, -0.1) is 0 Å². The number of fused-ring (bicyclic) bond motifs is 8. The molecule has 6 heteroatoms. The zero-order chi connectivity index (χ0) is 39.3. The number of aromatic amines is 2. The molecule has 0 radical (unpaired) electrons. The summed E-state index contributed by atoms with van der Waals surface area (Å²) >= 11 is 0. The Morgan fingerprint density at radius 2 is 0.857 bits per heavy atom. The molecule has 2 aliphatic rings. The Balaban J connectivity index is 1.75. The fourth-order valence-electron chi connectivity index (χ4n) is 8.80. The maximum Gasteiger partial charge on any atom is 0.0769 e. The van der Waals surface area contributed by atoms with Crippen molar-refractivity contribution in [2.75, 3.05) is 0 Å². The lowest BCUT2D eigenvalue weighted by Crippen LogP contribution is -1.93. The Morgan fingerprint density at radius 3 is 1.25 bits per heavy atom. The van der Waals surface area contributed by atoms with Crippen LogP contribution in [0.4, 0.5) is 0 Å². The topological polar surface area (TPSA) is 83.1 Å². The van der Waals surface area contributed by atoms with Crippen LogP contribution >= 0.6 is 0 Å². The van der Waals surface area contributed by atoms with Crippen LogP contribution in [0.25, 0.3) is 66.6 Å². The third-order valence-corrected chi connectivity index (χ3v) is 12.1. The van der Waals surface area contributed by atoms with Crippen molar-refractivity contribution >= 4 is 44.4 Å². The Morgan fingerprint density at radius 1 is 0.482 bits per heavy atom. The molecule has 0 aliphatic carbocycles. The monoisotopic (exact) mass is 744 g/mol. The number of unbranched alkanes of at least 4 members (excludes halogenated alkanes) is 4. The Bertz CT molecular complexity index is 2310. The van der Waals surface area contributed by atoms with E-state index in [4.69, 9.17) is 9.97 Å². The molecule has 2 aliphatic heterocycles. The molecule has 5 aromatic heterocycles. The van der Waals surface area contributed by atoms with Crippen molar-refractivity contribution < 1.29 is 0 Å². The van der Waals surface area contributed by atoms with Crippen molar-refractivity contribution in [3.05, 3.63) is 106 Å². The molecule has 2 N–H and O–H groups in total. The summed E-state index contributed by atoms with van der Waals surface area (Å²) in [6.07, 6.45) is 20.6. The van der Waals surface area contributed by atoms with E-state index in [0.29, 0.717) is 0 Å². The van der Waals surface area contributed by atoms with E-state index >= 15 is 0 Å². The van der Waals surface area contributed by atoms with Crippen LogP contribution in [0.1, 0.15) is 151 Å². The third-order valence-electron chi connectivity index (χ3n) is 12.1. The quantitative estimate of drug-likeness (QED) is 0.119. The molecule has 0 unspecified atom stereocenters. The van der Waals surface area contributed by atoms with Gasteiger partial charge in [-0.2, -0.15) is 0 Å². The van der Waals surface area contributed by atoms with E-state index in [1.807, 2.05) is 24.8 Å². The maximum absolute atomic E-state index is 5.65. The molecule has 6 nitrogen and oxygen atoms in total. The van der Waals surface area contributed by atoms with E-state index in [1.165, 1.54) is 50.1 Å². The minimum atomic E-state index is 0.981. The highest BCUT2D eigenvalue weighted by Gasteiger charge is 2.27. The van der Waals surface area contributed by atoms with Gasteiger partial charge in [0.2, 0.25) is 0 Å². The van der Waals surface area contributed by atoms with Crippen molar-refractivity contribution in [3.8, 4) is 22.3 Å². The standard InChI is InChI=1S/C50H60N6/c1-9-13-17-37-31(5)47-45(35-21-25-51-26-22-35)48-33(7)39(19-15-11-3)43(55-48)30-44-40(20-16-12-4)34(8)50(56-44)46(36-23-27-52-28-24-36)49-32(6)38(18-14-10-2)42(54-49)29-41(37)53-47/h21-30,53,55H,9-20H2,1-8H3. The molecular weight excluding hydrogens is 685 g/mol. The lowest BCUT2D eigenvalue weighted by atomic mass is 9.92. The molecule has 0 amide bonds. The van der Waals surface area contributed by atoms with E-state index in [2.05, 4.69) is 112 Å². The number of aryl methyl sites for hydroxylation is 4. The molecule has 8 bridgehead atoms. The van der Waals surface area contributed by atoms with Crippen molar-refractivity contribution in [1.29, 1.82) is 0 Å². The van der Waals surface area contributed by atoms with Gasteiger partial charge in [0.1, 0.15) is 0 Å². The molecule has 7 rings (SSSR count). The Kier molecular flexibility index (Phi) is 12.1. The number of nitrogens with zero attached hydrogens (tertiary/aromatic N) is 4. The summed E-state index contributed by atoms with van der Waals surface area (Å²) in [6, 6.07) is 13.3. The van der Waals surface area contributed by atoms with Crippen LogP contribution in [-0.4, -0.2) is 29.9 Å². The second-order valence-electron chi connectivity index (χ2n) is 15.9. The summed E-state index contributed by atoms with van der Waals surface area (Å²) in [5.74, 6) is 0. The molecule has 7 heterocycles. The predicted molar refractivity (Wildman–Crippen MR) is 238 cm³/mol. The number of nitrogens with one attached hydrogen (secondary N) is 2. The Labute approximate surface area is 334 Å². The third kappa shape index (κ3) is 7.43. The van der Waals surface area contributed by atoms with E-state index in [-0.39, 0.29) is 0 Å². The number of rotatable bonds is 14. The number of aromatic nitrogens is 6. The molecule has 0 saturated heterocycles. The minimum absolute atomic E-state index is 0.981. The summed E-state index contributed by atoms with van der Waals surface area (Å²) in [6.45, 7) is 18.3. The average molecular weight is 745 g/mol. The first-order valence-corrected chi connectivity index (χ1v) is 21.3. The molecule has 0 spiro atoms. The Hall–Kier alpha value is -5.10. The fourth-order valence-corrected chi connectivity index (χ4v) is 8.80. The van der Waals surface area contributed by atoms with Crippen molar-refractivity contribution in [3.63, 3.8) is 0 Å². The molecular formula is C50H60N6. The predicted octanol–water partition coefficient (Wildman–Crippen LogP) is 14.0. The smallest absolute Gasteiger partial charge is 0.0769 e. The van der Waals surface area contributed by atoms with Crippen LogP contribution in [0.2, 0.25) is 0 Å². The zero-order valence-electron chi connectivity index (χ0n) is 35.0. The number of hydrogen-bond donors (Lipinski definition) is 2. The number of hydrogen-bond acceptors (Lipinski definition) is 4. The molecule has 290 valence electrons. The highest BCUT2D eigenvalue weighted by Crippen LogP contribution is 2.45. The normalized spacial score (nSPS) is 13.0. The van der Waals surface area contributed by atoms with Crippen LogP contribution < -0.4 is 0 Å². The number of allylic oxidation sites excluding steroid dienone is 4. The van der Waals surface area contributed by atoms with Gasteiger partial charge < -0.3 is 9.97 Å². The van der Waals surface area contributed by atoms with Crippen molar-refractivity contribution in [1.82, 2.24) is 29.9 Å². The highest BCUT2D eigenvalue weighted by atomic mass is 14.8. The lowest BCUT2D eigenvalue weighted by Gasteiger charge is -2.10. The van der Waals surface area contributed by atoms with E-state index in [9.17, 15) is 0 Å². The van der Waals surface area contributed by atoms with Gasteiger partial charge in [-0.1, -0.05) is 53.4 Å². The van der Waals surface area contributed by atoms with E-state index in [0.717, 1.165) is 139 Å². The summed E-state index contributed by atoms with van der Waals surface area (Å²) in [7, 11) is 0. The van der Waals surface area contributed by atoms with Crippen molar-refractivity contribution in [2.45, 2.75) is 132 Å². The largest absolute Gasteiger partial charge is 0.354 e. The molecule has 5 aromatic rings. The average Bonchev–Trinajstić information content (AvgIpc) is 3.89. The second-order valence-corrected chi connectivity index (χ2v) is 15.9. The SMILES string of the molecule is CCCCC1=C(C)c2nc1cc1[nH]c(c(C)c1CCCC)c(-c1ccncc1)c1[nH]c(cc3nc(c2-c2ccncc2)C(C)=C3CCCC)c(CCCC)c1C. The minimum Gasteiger partial charge on any atom is -0.354 e. The number of H-pyrrole nitrogens is 2. The van der Waals surface area contributed by atoms with Gasteiger partial charge in [-0.3, -0.25) is 9.97 Å². The van der Waals surface area contributed by atoms with Crippen LogP contribution in [0.5, 0.6) is 0 Å². The summed E-state index contributed by atoms with van der Waals surface area (Å²) in [5, 5.41) is 0. The summed E-state index contributed by atoms with van der Waals surface area (Å²) in [4.78, 5) is 28.3. The van der Waals surface area contributed by atoms with Gasteiger partial charge in [-0.05, 0) is 171 Å². The zero-order valence-corrected chi connectivity index (χ0v) is 35.0. The first-order valence-electron chi connectivity index (χ1n) is 21.3. The summed E-state index contributed by atoms with van der Waals surface area (Å²) in [5.41, 5.74) is 23.9. The molecule has 0 saturated carbocycles. The van der Waals surface area contributed by atoms with Gasteiger partial charge in [-0.25, -0.2) is 9.97 Å². The highest BCUT2D eigenvalue weighted by molar-refractivity contribution is 6.03. The lowest BCUT2D eigenvalue weighted by molar-refractivity contribution is 0.796. The molecule has 0 atom stereocenters. The van der Waals surface area contributed by atoms with Gasteiger partial charge in [0.05, 0.1) is 33.8 Å². The molecule has 56 heavy (non-hydrogen) atoms. The second kappa shape index (κ2) is 17.4. The fraction of sp³-hybridized carbons (Fsp3) is 0.400. The van der Waals surface area contributed by atoms with Gasteiger partial charge in [0.25, 0.3) is 0 Å². The number of pyridine rings is 2. The van der Waals surface area contributed by atoms with E-state index in [1.54, 1.807) is 0 Å². The van der Waals surface area contributed by atoms with Crippen LogP contribution in [0, 0.1) is 13.8 Å². The summed E-state index contributed by atoms with van der Waals surface area (Å²) < 4.78 is 0. The molecule has 0 fully saturated rings. The van der Waals surface area contributed by atoms with Crippen LogP contribution in [-0.2, 0) is 12.8 Å². The van der Waals surface area contributed by atoms with Crippen LogP contribution in [0.15, 0.2) is 61.2 Å². The van der Waals surface area contributed by atoms with Gasteiger partial charge in [0, 0.05) is 46.9 Å². The molecule has 0 aromatic carbocycles. The van der Waals surface area contributed by atoms with Crippen molar-refractivity contribution in [2.24, 2.45) is 0 Å². The van der Waals surface area contributed by atoms with E-state index < -0.39 is 0 Å². The van der Waals surface area contributed by atoms with Gasteiger partial charge in [0.15, 0.2) is 0 Å². The van der Waals surface area contributed by atoms with Gasteiger partial charge >= 0.3 is 0 Å². The first-order chi connectivity index (χ1) is 27.3. The van der Waals surface area contributed by atoms with Crippen LogP contribution in [0.3, 0.4) is 0 Å².